The molecule has 0 bridgehead atoms. The predicted octanol–water partition coefficient (Wildman–Crippen LogP) is 0.992. The van der Waals surface area contributed by atoms with E-state index in [0.717, 1.165) is 19.4 Å². The molecule has 5 heteroatoms. The van der Waals surface area contributed by atoms with Crippen molar-refractivity contribution in [3.63, 3.8) is 0 Å². The summed E-state index contributed by atoms with van der Waals surface area (Å²) < 4.78 is 0. The molecule has 1 aliphatic heterocycles. The van der Waals surface area contributed by atoms with E-state index in [9.17, 15) is 9.59 Å². The van der Waals surface area contributed by atoms with Crippen molar-refractivity contribution in [3.05, 3.63) is 0 Å². The van der Waals surface area contributed by atoms with Crippen molar-refractivity contribution >= 4 is 11.9 Å². The third kappa shape index (κ3) is 4.29. The summed E-state index contributed by atoms with van der Waals surface area (Å²) in [5.41, 5.74) is -0.0433. The monoisotopic (exact) mass is 256 g/mol. The van der Waals surface area contributed by atoms with Gasteiger partial charge in [-0.25, -0.2) is 0 Å². The van der Waals surface area contributed by atoms with Crippen LogP contribution in [-0.2, 0) is 9.59 Å². The van der Waals surface area contributed by atoms with E-state index in [0.29, 0.717) is 6.54 Å². The molecule has 0 aliphatic carbocycles. The van der Waals surface area contributed by atoms with Crippen LogP contribution in [0, 0.1) is 11.3 Å². The van der Waals surface area contributed by atoms with Crippen molar-refractivity contribution in [2.45, 2.75) is 46.1 Å². The third-order valence-electron chi connectivity index (χ3n) is 3.54. The van der Waals surface area contributed by atoms with Crippen LogP contribution in [0.25, 0.3) is 0 Å². The smallest absolute Gasteiger partial charge is 0.303 e. The average Bonchev–Trinajstić information content (AvgIpc) is 2.24. The van der Waals surface area contributed by atoms with Gasteiger partial charge in [-0.05, 0) is 30.7 Å². The normalized spacial score (nSPS) is 24.3. The Morgan fingerprint density at radius 3 is 2.72 bits per heavy atom. The van der Waals surface area contributed by atoms with Gasteiger partial charge >= 0.3 is 5.97 Å². The number of carbonyl (C=O) groups is 2. The Hall–Kier alpha value is -1.10. The fraction of sp³-hybridized carbons (Fsp3) is 0.846. The fourth-order valence-electron chi connectivity index (χ4n) is 2.41. The minimum atomic E-state index is -0.826. The molecule has 0 saturated carbocycles. The molecule has 3 N–H and O–H groups in total. The quantitative estimate of drug-likeness (QED) is 0.685. The molecule has 1 aliphatic rings. The number of carbonyl (C=O) groups excluding carboxylic acids is 1. The molecule has 1 rings (SSSR count). The third-order valence-corrected chi connectivity index (χ3v) is 3.54. The molecule has 104 valence electrons. The lowest BCUT2D eigenvalue weighted by Gasteiger charge is -2.38. The summed E-state index contributed by atoms with van der Waals surface area (Å²) >= 11 is 0. The first kappa shape index (κ1) is 15.0. The first-order valence-electron chi connectivity index (χ1n) is 6.56. The Morgan fingerprint density at radius 2 is 2.17 bits per heavy atom. The largest absolute Gasteiger partial charge is 0.481 e. The van der Waals surface area contributed by atoms with Crippen LogP contribution in [0.3, 0.4) is 0 Å². The van der Waals surface area contributed by atoms with Gasteiger partial charge in [-0.15, -0.1) is 0 Å². The predicted molar refractivity (Wildman–Crippen MR) is 69.2 cm³/mol. The van der Waals surface area contributed by atoms with Crippen LogP contribution in [0.5, 0.6) is 0 Å². The van der Waals surface area contributed by atoms with Crippen LogP contribution in [0.1, 0.15) is 40.0 Å². The minimum Gasteiger partial charge on any atom is -0.481 e. The Kier molecular flexibility index (Phi) is 5.14. The highest BCUT2D eigenvalue weighted by Gasteiger charge is 2.36. The summed E-state index contributed by atoms with van der Waals surface area (Å²) in [6, 6.07) is -0.178. The molecule has 0 aromatic rings. The number of carboxylic acid groups (broad SMARTS) is 1. The maximum Gasteiger partial charge on any atom is 0.303 e. The Bertz CT molecular complexity index is 315. The van der Waals surface area contributed by atoms with Gasteiger partial charge in [-0.1, -0.05) is 20.8 Å². The molecular formula is C13H24N2O3. The molecule has 18 heavy (non-hydrogen) atoms. The summed E-state index contributed by atoms with van der Waals surface area (Å²) in [5.74, 6) is -0.886. The number of amides is 1. The van der Waals surface area contributed by atoms with E-state index in [-0.39, 0.29) is 29.7 Å². The number of piperidine rings is 1. The molecule has 0 aromatic heterocycles. The SMILES string of the molecule is CC(CNC(=O)C1NCCCC1(C)C)CC(=O)O. The number of carboxylic acids is 1. The molecule has 5 nitrogen and oxygen atoms in total. The van der Waals surface area contributed by atoms with Crippen molar-refractivity contribution in [2.75, 3.05) is 13.1 Å². The molecule has 2 atom stereocenters. The van der Waals surface area contributed by atoms with Gasteiger partial charge in [-0.2, -0.15) is 0 Å². The van der Waals surface area contributed by atoms with E-state index in [2.05, 4.69) is 24.5 Å². The number of rotatable bonds is 5. The highest BCUT2D eigenvalue weighted by molar-refractivity contribution is 5.82. The zero-order valence-corrected chi connectivity index (χ0v) is 11.5. The Balaban J connectivity index is 2.42. The van der Waals surface area contributed by atoms with Crippen LogP contribution < -0.4 is 10.6 Å². The number of hydrogen-bond donors (Lipinski definition) is 3. The van der Waals surface area contributed by atoms with E-state index in [4.69, 9.17) is 5.11 Å². The molecule has 1 fully saturated rings. The molecule has 0 radical (unpaired) electrons. The van der Waals surface area contributed by atoms with Gasteiger partial charge in [-0.3, -0.25) is 9.59 Å². The van der Waals surface area contributed by atoms with Gasteiger partial charge in [0.15, 0.2) is 0 Å². The van der Waals surface area contributed by atoms with Crippen molar-refractivity contribution in [1.82, 2.24) is 10.6 Å². The molecular weight excluding hydrogens is 232 g/mol. The number of nitrogens with one attached hydrogen (secondary N) is 2. The van der Waals surface area contributed by atoms with E-state index >= 15 is 0 Å². The maximum absolute atomic E-state index is 12.1. The van der Waals surface area contributed by atoms with Gasteiger partial charge in [0, 0.05) is 13.0 Å². The molecule has 1 amide bonds. The second-order valence-corrected chi connectivity index (χ2v) is 5.93. The van der Waals surface area contributed by atoms with Gasteiger partial charge in [0.1, 0.15) is 0 Å². The van der Waals surface area contributed by atoms with Crippen LogP contribution in [-0.4, -0.2) is 36.1 Å². The highest BCUT2D eigenvalue weighted by atomic mass is 16.4. The fourth-order valence-corrected chi connectivity index (χ4v) is 2.41. The molecule has 1 saturated heterocycles. The van der Waals surface area contributed by atoms with Crippen molar-refractivity contribution in [3.8, 4) is 0 Å². The molecule has 2 unspecified atom stereocenters. The van der Waals surface area contributed by atoms with Crippen LogP contribution in [0.15, 0.2) is 0 Å². The lowest BCUT2D eigenvalue weighted by molar-refractivity contribution is -0.138. The summed E-state index contributed by atoms with van der Waals surface area (Å²) in [4.78, 5) is 22.6. The number of hydrogen-bond acceptors (Lipinski definition) is 3. The average molecular weight is 256 g/mol. The Morgan fingerprint density at radius 1 is 1.50 bits per heavy atom. The minimum absolute atomic E-state index is 0.0167. The maximum atomic E-state index is 12.1. The lowest BCUT2D eigenvalue weighted by Crippen LogP contribution is -2.56. The summed E-state index contributed by atoms with van der Waals surface area (Å²) in [6.45, 7) is 7.29. The molecule has 0 spiro atoms. The molecule has 0 aromatic carbocycles. The van der Waals surface area contributed by atoms with Gasteiger partial charge in [0.2, 0.25) is 5.91 Å². The zero-order chi connectivity index (χ0) is 13.8. The zero-order valence-electron chi connectivity index (χ0n) is 11.5. The topological polar surface area (TPSA) is 78.4 Å². The van der Waals surface area contributed by atoms with Gasteiger partial charge in [0.25, 0.3) is 0 Å². The second-order valence-electron chi connectivity index (χ2n) is 5.93. The molecule has 1 heterocycles. The standard InChI is InChI=1S/C13H24N2O3/c1-9(7-10(16)17)8-15-12(18)11-13(2,3)5-4-6-14-11/h9,11,14H,4-8H2,1-3H3,(H,15,18)(H,16,17). The van der Waals surface area contributed by atoms with Crippen molar-refractivity contribution in [2.24, 2.45) is 11.3 Å². The van der Waals surface area contributed by atoms with Crippen LogP contribution in [0.2, 0.25) is 0 Å². The van der Waals surface area contributed by atoms with Crippen molar-refractivity contribution in [1.29, 1.82) is 0 Å². The van der Waals surface area contributed by atoms with Crippen LogP contribution >= 0.6 is 0 Å². The van der Waals surface area contributed by atoms with Crippen molar-refractivity contribution < 1.29 is 14.7 Å². The highest BCUT2D eigenvalue weighted by Crippen LogP contribution is 2.30. The lowest BCUT2D eigenvalue weighted by atomic mass is 9.77. The van der Waals surface area contributed by atoms with Gasteiger partial charge in [0.05, 0.1) is 6.04 Å². The summed E-state index contributed by atoms with van der Waals surface area (Å²) in [5, 5.41) is 14.7. The van der Waals surface area contributed by atoms with Crippen LogP contribution in [0.4, 0.5) is 0 Å². The second kappa shape index (κ2) is 6.18. The van der Waals surface area contributed by atoms with E-state index < -0.39 is 5.97 Å². The van der Waals surface area contributed by atoms with Gasteiger partial charge < -0.3 is 15.7 Å². The summed E-state index contributed by atoms with van der Waals surface area (Å²) in [7, 11) is 0. The number of aliphatic carboxylic acids is 1. The van der Waals surface area contributed by atoms with E-state index in [1.807, 2.05) is 6.92 Å². The Labute approximate surface area is 108 Å². The summed E-state index contributed by atoms with van der Waals surface area (Å²) in [6.07, 6.45) is 2.21. The van der Waals surface area contributed by atoms with E-state index in [1.54, 1.807) is 0 Å². The first-order valence-corrected chi connectivity index (χ1v) is 6.56. The van der Waals surface area contributed by atoms with E-state index in [1.165, 1.54) is 0 Å². The first-order chi connectivity index (χ1) is 8.33.